The molecule has 0 bridgehead atoms. The van der Waals surface area contributed by atoms with Gasteiger partial charge in [-0.25, -0.2) is 0 Å². The molecule has 0 atom stereocenters. The monoisotopic (exact) mass is 394 g/mol. The lowest BCUT2D eigenvalue weighted by atomic mass is 9.93. The van der Waals surface area contributed by atoms with E-state index in [4.69, 9.17) is 9.26 Å². The molecule has 0 unspecified atom stereocenters. The molecule has 1 aromatic carbocycles. The van der Waals surface area contributed by atoms with Gasteiger partial charge in [-0.1, -0.05) is 17.3 Å². The van der Waals surface area contributed by atoms with Crippen molar-refractivity contribution in [2.24, 2.45) is 0 Å². The fourth-order valence-electron chi connectivity index (χ4n) is 3.39. The quantitative estimate of drug-likeness (QED) is 0.565. The molecule has 152 valence electrons. The summed E-state index contributed by atoms with van der Waals surface area (Å²) >= 11 is 0. The third kappa shape index (κ3) is 5.06. The third-order valence-corrected chi connectivity index (χ3v) is 4.91. The van der Waals surface area contributed by atoms with Crippen LogP contribution in [0.25, 0.3) is 11.5 Å². The lowest BCUT2D eigenvalue weighted by molar-refractivity contribution is -0.142. The Labute approximate surface area is 170 Å². The van der Waals surface area contributed by atoms with Crippen molar-refractivity contribution in [1.29, 1.82) is 0 Å². The number of hydrogen-bond donors (Lipinski definition) is 0. The number of aromatic nitrogens is 3. The number of hydrogen-bond acceptors (Lipinski definition) is 7. The van der Waals surface area contributed by atoms with Gasteiger partial charge in [-0.15, -0.1) is 0 Å². The van der Waals surface area contributed by atoms with Gasteiger partial charge in [0.2, 0.25) is 11.7 Å². The zero-order chi connectivity index (χ0) is 21.0. The van der Waals surface area contributed by atoms with E-state index in [-0.39, 0.29) is 5.97 Å². The molecule has 7 heteroatoms. The van der Waals surface area contributed by atoms with Gasteiger partial charge in [0.05, 0.1) is 6.54 Å². The Morgan fingerprint density at radius 1 is 1.14 bits per heavy atom. The van der Waals surface area contributed by atoms with E-state index in [0.717, 1.165) is 16.7 Å². The van der Waals surface area contributed by atoms with Crippen LogP contribution in [0.3, 0.4) is 0 Å². The van der Waals surface area contributed by atoms with Crippen LogP contribution in [0.1, 0.15) is 40.6 Å². The average molecular weight is 394 g/mol. The minimum absolute atomic E-state index is 0.275. The molecule has 0 radical (unpaired) electrons. The van der Waals surface area contributed by atoms with Crippen LogP contribution >= 0.6 is 0 Å². The van der Waals surface area contributed by atoms with Crippen LogP contribution in [-0.2, 0) is 29.2 Å². The summed E-state index contributed by atoms with van der Waals surface area (Å²) in [4.78, 5) is 22.0. The molecular weight excluding hydrogens is 368 g/mol. The first-order valence-corrected chi connectivity index (χ1v) is 9.49. The largest absolute Gasteiger partial charge is 0.461 e. The van der Waals surface area contributed by atoms with Crippen molar-refractivity contribution in [1.82, 2.24) is 20.0 Å². The minimum Gasteiger partial charge on any atom is -0.461 e. The number of benzene rings is 1. The molecule has 3 aromatic rings. The summed E-state index contributed by atoms with van der Waals surface area (Å²) in [5, 5.41) is 4.02. The van der Waals surface area contributed by atoms with Gasteiger partial charge in [0.1, 0.15) is 12.3 Å². The molecule has 0 amide bonds. The summed E-state index contributed by atoms with van der Waals surface area (Å²) in [6.07, 6.45) is 1.70. The maximum absolute atomic E-state index is 11.2. The van der Waals surface area contributed by atoms with Crippen molar-refractivity contribution in [3.63, 3.8) is 0 Å². The summed E-state index contributed by atoms with van der Waals surface area (Å²) < 4.78 is 10.6. The van der Waals surface area contributed by atoms with Crippen molar-refractivity contribution < 1.29 is 14.1 Å². The molecule has 0 aliphatic carbocycles. The summed E-state index contributed by atoms with van der Waals surface area (Å²) in [6.45, 7) is 9.18. The zero-order valence-electron chi connectivity index (χ0n) is 17.5. The minimum atomic E-state index is -0.275. The highest BCUT2D eigenvalue weighted by molar-refractivity contribution is 5.66. The van der Waals surface area contributed by atoms with E-state index in [1.54, 1.807) is 6.20 Å². The Morgan fingerprint density at radius 3 is 2.59 bits per heavy atom. The van der Waals surface area contributed by atoms with E-state index in [1.165, 1.54) is 18.1 Å². The second-order valence-corrected chi connectivity index (χ2v) is 7.27. The maximum Gasteiger partial charge on any atom is 0.302 e. The van der Waals surface area contributed by atoms with Gasteiger partial charge in [-0.2, -0.15) is 4.98 Å². The first-order chi connectivity index (χ1) is 13.8. The molecule has 0 saturated carbocycles. The number of esters is 1. The number of carbonyl (C=O) groups is 1. The van der Waals surface area contributed by atoms with Crippen LogP contribution in [0, 0.1) is 20.8 Å². The molecule has 0 saturated heterocycles. The summed E-state index contributed by atoms with van der Waals surface area (Å²) in [6, 6.07) is 7.73. The Morgan fingerprint density at radius 2 is 1.90 bits per heavy atom. The summed E-state index contributed by atoms with van der Waals surface area (Å²) in [7, 11) is 2.01. The predicted octanol–water partition coefficient (Wildman–Crippen LogP) is 3.75. The topological polar surface area (TPSA) is 81.4 Å². The first kappa shape index (κ1) is 20.7. The first-order valence-electron chi connectivity index (χ1n) is 9.49. The lowest BCUT2D eigenvalue weighted by Gasteiger charge is -2.21. The molecule has 2 heterocycles. The number of pyridine rings is 1. The van der Waals surface area contributed by atoms with Crippen molar-refractivity contribution in [2.45, 2.75) is 47.4 Å². The smallest absolute Gasteiger partial charge is 0.302 e. The van der Waals surface area contributed by atoms with E-state index in [0.29, 0.717) is 37.1 Å². The zero-order valence-corrected chi connectivity index (χ0v) is 17.5. The molecule has 0 spiro atoms. The Kier molecular flexibility index (Phi) is 6.39. The molecule has 0 aliphatic heterocycles. The predicted molar refractivity (Wildman–Crippen MR) is 109 cm³/mol. The average Bonchev–Trinajstić information content (AvgIpc) is 3.14. The standard InChI is InChI=1S/C22H26N4O3/c1-14-10-15(2)19(13-28-17(4)27)16(3)18(14)11-26(5)12-21-24-22(25-29-21)20-8-6-7-9-23-20/h6-10H,11-13H2,1-5H3. The van der Waals surface area contributed by atoms with Crippen LogP contribution in [0.5, 0.6) is 0 Å². The second-order valence-electron chi connectivity index (χ2n) is 7.27. The second kappa shape index (κ2) is 8.96. The molecular formula is C22H26N4O3. The van der Waals surface area contributed by atoms with Crippen molar-refractivity contribution >= 4 is 5.97 Å². The molecule has 29 heavy (non-hydrogen) atoms. The molecule has 0 aliphatic rings. The van der Waals surface area contributed by atoms with E-state index in [9.17, 15) is 4.79 Å². The molecule has 0 N–H and O–H groups in total. The third-order valence-electron chi connectivity index (χ3n) is 4.91. The molecule has 0 fully saturated rings. The Hall–Kier alpha value is -3.06. The Balaban J connectivity index is 1.73. The van der Waals surface area contributed by atoms with Gasteiger partial charge in [0.25, 0.3) is 0 Å². The highest BCUT2D eigenvalue weighted by Gasteiger charge is 2.16. The maximum atomic E-state index is 11.2. The normalized spacial score (nSPS) is 11.1. The summed E-state index contributed by atoms with van der Waals surface area (Å²) in [5.74, 6) is 0.749. The van der Waals surface area contributed by atoms with Gasteiger partial charge in [-0.3, -0.25) is 14.7 Å². The van der Waals surface area contributed by atoms with Crippen LogP contribution in [0.15, 0.2) is 35.0 Å². The van der Waals surface area contributed by atoms with Gasteiger partial charge in [0, 0.05) is 19.7 Å². The van der Waals surface area contributed by atoms with Crippen molar-refractivity contribution in [3.05, 3.63) is 64.2 Å². The lowest BCUT2D eigenvalue weighted by Crippen LogP contribution is -2.19. The van der Waals surface area contributed by atoms with Crippen LogP contribution in [-0.4, -0.2) is 33.0 Å². The number of aryl methyl sites for hydroxylation is 2. The van der Waals surface area contributed by atoms with Crippen LogP contribution in [0.4, 0.5) is 0 Å². The molecule has 3 rings (SSSR count). The van der Waals surface area contributed by atoms with Crippen molar-refractivity contribution in [2.75, 3.05) is 7.05 Å². The highest BCUT2D eigenvalue weighted by Crippen LogP contribution is 2.25. The van der Waals surface area contributed by atoms with E-state index >= 15 is 0 Å². The van der Waals surface area contributed by atoms with Gasteiger partial charge < -0.3 is 9.26 Å². The fourth-order valence-corrected chi connectivity index (χ4v) is 3.39. The SMILES string of the molecule is CC(=O)OCc1c(C)cc(C)c(CN(C)Cc2nc(-c3ccccn3)no2)c1C. The van der Waals surface area contributed by atoms with Gasteiger partial charge in [0.15, 0.2) is 0 Å². The van der Waals surface area contributed by atoms with Crippen LogP contribution < -0.4 is 0 Å². The molecule has 7 nitrogen and oxygen atoms in total. The van der Waals surface area contributed by atoms with Crippen molar-refractivity contribution in [3.8, 4) is 11.5 Å². The molecule has 2 aromatic heterocycles. The van der Waals surface area contributed by atoms with E-state index in [2.05, 4.69) is 39.9 Å². The number of nitrogens with zero attached hydrogens (tertiary/aromatic N) is 4. The van der Waals surface area contributed by atoms with Gasteiger partial charge in [-0.05, 0) is 67.8 Å². The highest BCUT2D eigenvalue weighted by atomic mass is 16.5. The van der Waals surface area contributed by atoms with E-state index in [1.807, 2.05) is 32.2 Å². The number of ether oxygens (including phenoxy) is 1. The van der Waals surface area contributed by atoms with Gasteiger partial charge >= 0.3 is 5.97 Å². The van der Waals surface area contributed by atoms with E-state index < -0.39 is 0 Å². The number of carbonyl (C=O) groups excluding carboxylic acids is 1. The summed E-state index contributed by atoms with van der Waals surface area (Å²) in [5.41, 5.74) is 6.44. The number of rotatable bonds is 7. The fraction of sp³-hybridized carbons (Fsp3) is 0.364. The van der Waals surface area contributed by atoms with Crippen LogP contribution in [0.2, 0.25) is 0 Å². The Bertz CT molecular complexity index is 999.